The molecule has 1 saturated heterocycles. The van der Waals surface area contributed by atoms with Crippen LogP contribution >= 0.6 is 0 Å². The average molecular weight is 446 g/mol. The summed E-state index contributed by atoms with van der Waals surface area (Å²) in [5.41, 5.74) is 3.04. The predicted molar refractivity (Wildman–Crippen MR) is 123 cm³/mol. The maximum atomic E-state index is 12.7. The standard InChI is InChI=1S/C23H31N3O4S/c1-4-24-23(27)26-14-8-12-20(25-31(3,28)29)21(26)16-17-9-7-10-18(15-17)19-11-5-6-13-22(19)30-2/h5-7,9-11,13,15,20-21,25H,4,8,12,14,16H2,1-3H3,(H,24,27)/t20-,21-/m0/s1. The molecule has 1 aliphatic rings. The van der Waals surface area contributed by atoms with Crippen molar-refractivity contribution in [1.82, 2.24) is 14.9 Å². The zero-order valence-corrected chi connectivity index (χ0v) is 19.1. The Bertz CT molecular complexity index is 1010. The lowest BCUT2D eigenvalue weighted by Crippen LogP contribution is -2.59. The van der Waals surface area contributed by atoms with Crippen molar-refractivity contribution in [2.45, 2.75) is 38.3 Å². The number of urea groups is 1. The summed E-state index contributed by atoms with van der Waals surface area (Å²) in [6.07, 6.45) is 3.16. The van der Waals surface area contributed by atoms with E-state index in [9.17, 15) is 13.2 Å². The minimum Gasteiger partial charge on any atom is -0.496 e. The van der Waals surface area contributed by atoms with E-state index in [0.29, 0.717) is 25.9 Å². The molecule has 0 saturated carbocycles. The van der Waals surface area contributed by atoms with Crippen molar-refractivity contribution in [1.29, 1.82) is 0 Å². The monoisotopic (exact) mass is 445 g/mol. The van der Waals surface area contributed by atoms with Gasteiger partial charge in [-0.05, 0) is 43.4 Å². The number of nitrogens with one attached hydrogen (secondary N) is 2. The number of benzene rings is 2. The molecule has 0 radical (unpaired) electrons. The second kappa shape index (κ2) is 10.2. The molecular formula is C23H31N3O4S. The highest BCUT2D eigenvalue weighted by Crippen LogP contribution is 2.31. The van der Waals surface area contributed by atoms with Gasteiger partial charge >= 0.3 is 6.03 Å². The molecule has 168 valence electrons. The molecule has 1 fully saturated rings. The van der Waals surface area contributed by atoms with Crippen LogP contribution in [0.4, 0.5) is 4.79 Å². The number of carbonyl (C=O) groups is 1. The summed E-state index contributed by atoms with van der Waals surface area (Å²) in [5, 5.41) is 2.86. The van der Waals surface area contributed by atoms with Crippen LogP contribution in [0.15, 0.2) is 48.5 Å². The topological polar surface area (TPSA) is 87.7 Å². The van der Waals surface area contributed by atoms with Crippen LogP contribution in [-0.4, -0.2) is 57.9 Å². The van der Waals surface area contributed by atoms with E-state index in [2.05, 4.69) is 16.1 Å². The summed E-state index contributed by atoms with van der Waals surface area (Å²) >= 11 is 0. The Hall–Kier alpha value is -2.58. The Morgan fingerprint density at radius 2 is 1.97 bits per heavy atom. The van der Waals surface area contributed by atoms with Gasteiger partial charge in [0.1, 0.15) is 5.75 Å². The van der Waals surface area contributed by atoms with Crippen LogP contribution in [0.25, 0.3) is 11.1 Å². The number of amides is 2. The predicted octanol–water partition coefficient (Wildman–Crippen LogP) is 3.02. The number of piperidine rings is 1. The summed E-state index contributed by atoms with van der Waals surface area (Å²) in [4.78, 5) is 14.5. The number of para-hydroxylation sites is 1. The SMILES string of the molecule is CCNC(=O)N1CCC[C@H](NS(C)(=O)=O)[C@@H]1Cc1cccc(-c2ccccc2OC)c1. The average Bonchev–Trinajstić information content (AvgIpc) is 2.74. The number of carbonyl (C=O) groups excluding carboxylic acids is 1. The van der Waals surface area contributed by atoms with Crippen LogP contribution in [0, 0.1) is 0 Å². The number of methoxy groups -OCH3 is 1. The van der Waals surface area contributed by atoms with Gasteiger partial charge in [-0.3, -0.25) is 0 Å². The van der Waals surface area contributed by atoms with Gasteiger partial charge in [0.05, 0.1) is 19.4 Å². The van der Waals surface area contributed by atoms with Crippen molar-refractivity contribution < 1.29 is 17.9 Å². The smallest absolute Gasteiger partial charge is 0.317 e. The molecule has 2 N–H and O–H groups in total. The molecule has 31 heavy (non-hydrogen) atoms. The van der Waals surface area contributed by atoms with Crippen LogP contribution < -0.4 is 14.8 Å². The van der Waals surface area contributed by atoms with Crippen molar-refractivity contribution in [2.24, 2.45) is 0 Å². The fourth-order valence-corrected chi connectivity index (χ4v) is 5.04. The van der Waals surface area contributed by atoms with E-state index < -0.39 is 10.0 Å². The van der Waals surface area contributed by atoms with Gasteiger partial charge in [0.2, 0.25) is 10.0 Å². The van der Waals surface area contributed by atoms with Crippen molar-refractivity contribution in [3.05, 3.63) is 54.1 Å². The normalized spacial score (nSPS) is 19.1. The third-order valence-corrected chi connectivity index (χ3v) is 6.25. The van der Waals surface area contributed by atoms with Gasteiger partial charge in [-0.2, -0.15) is 0 Å². The van der Waals surface area contributed by atoms with Crippen LogP contribution in [0.3, 0.4) is 0 Å². The van der Waals surface area contributed by atoms with Crippen LogP contribution in [-0.2, 0) is 16.4 Å². The molecule has 2 atom stereocenters. The maximum absolute atomic E-state index is 12.7. The Labute approximate surface area is 184 Å². The molecule has 0 bridgehead atoms. The second-order valence-corrected chi connectivity index (χ2v) is 9.62. The summed E-state index contributed by atoms with van der Waals surface area (Å²) in [7, 11) is -1.75. The molecule has 0 spiro atoms. The first kappa shape index (κ1) is 23.1. The number of hydrogen-bond acceptors (Lipinski definition) is 4. The largest absolute Gasteiger partial charge is 0.496 e. The van der Waals surface area contributed by atoms with Gasteiger partial charge in [-0.15, -0.1) is 0 Å². The van der Waals surface area contributed by atoms with Gasteiger partial charge in [-0.25, -0.2) is 17.9 Å². The number of hydrogen-bond donors (Lipinski definition) is 2. The number of likely N-dealkylation sites (tertiary alicyclic amines) is 1. The Morgan fingerprint density at radius 3 is 2.68 bits per heavy atom. The zero-order chi connectivity index (χ0) is 22.4. The molecule has 3 rings (SSSR count). The highest BCUT2D eigenvalue weighted by Gasteiger charge is 2.35. The maximum Gasteiger partial charge on any atom is 0.317 e. The van der Waals surface area contributed by atoms with Crippen molar-refractivity contribution in [2.75, 3.05) is 26.5 Å². The highest BCUT2D eigenvalue weighted by molar-refractivity contribution is 7.88. The van der Waals surface area contributed by atoms with E-state index in [1.165, 1.54) is 0 Å². The van der Waals surface area contributed by atoms with Gasteiger partial charge in [0.25, 0.3) is 0 Å². The third-order valence-electron chi connectivity index (χ3n) is 5.52. The molecule has 7 nitrogen and oxygen atoms in total. The van der Waals surface area contributed by atoms with Crippen molar-refractivity contribution in [3.8, 4) is 16.9 Å². The molecule has 1 aliphatic heterocycles. The van der Waals surface area contributed by atoms with E-state index in [4.69, 9.17) is 4.74 Å². The van der Waals surface area contributed by atoms with E-state index in [0.717, 1.165) is 35.1 Å². The lowest BCUT2D eigenvalue weighted by molar-refractivity contribution is 0.134. The minimum atomic E-state index is -3.40. The molecule has 0 unspecified atom stereocenters. The summed E-state index contributed by atoms with van der Waals surface area (Å²) in [6.45, 7) is 3.00. The summed E-state index contributed by atoms with van der Waals surface area (Å²) in [5.74, 6) is 0.790. The molecule has 2 amide bonds. The Balaban J connectivity index is 1.92. The van der Waals surface area contributed by atoms with E-state index in [1.54, 1.807) is 12.0 Å². The first-order chi connectivity index (χ1) is 14.8. The summed E-state index contributed by atoms with van der Waals surface area (Å²) in [6, 6.07) is 15.2. The lowest BCUT2D eigenvalue weighted by atomic mass is 9.90. The first-order valence-electron chi connectivity index (χ1n) is 10.6. The number of sulfonamides is 1. The van der Waals surface area contributed by atoms with Gasteiger partial charge in [0.15, 0.2) is 0 Å². The number of ether oxygens (including phenoxy) is 1. The van der Waals surface area contributed by atoms with E-state index >= 15 is 0 Å². The van der Waals surface area contributed by atoms with Gasteiger partial charge < -0.3 is 15.0 Å². The Morgan fingerprint density at radius 1 is 1.19 bits per heavy atom. The number of rotatable bonds is 7. The van der Waals surface area contributed by atoms with Gasteiger partial charge in [0, 0.05) is 24.7 Å². The second-order valence-electron chi connectivity index (χ2n) is 7.84. The molecule has 8 heteroatoms. The first-order valence-corrected chi connectivity index (χ1v) is 12.5. The van der Waals surface area contributed by atoms with Crippen LogP contribution in [0.1, 0.15) is 25.3 Å². The van der Waals surface area contributed by atoms with Crippen LogP contribution in [0.5, 0.6) is 5.75 Å². The number of nitrogens with zero attached hydrogens (tertiary/aromatic N) is 1. The molecule has 0 aliphatic carbocycles. The molecule has 1 heterocycles. The highest BCUT2D eigenvalue weighted by atomic mass is 32.2. The van der Waals surface area contributed by atoms with Crippen molar-refractivity contribution >= 4 is 16.1 Å². The fraction of sp³-hybridized carbons (Fsp3) is 0.435. The van der Waals surface area contributed by atoms with Crippen molar-refractivity contribution in [3.63, 3.8) is 0 Å². The van der Waals surface area contributed by atoms with E-state index in [-0.39, 0.29) is 18.1 Å². The quantitative estimate of drug-likeness (QED) is 0.686. The summed E-state index contributed by atoms with van der Waals surface area (Å²) < 4.78 is 32.2. The van der Waals surface area contributed by atoms with Gasteiger partial charge in [-0.1, -0.05) is 42.5 Å². The molecule has 2 aromatic carbocycles. The minimum absolute atomic E-state index is 0.159. The Kier molecular flexibility index (Phi) is 7.56. The molecular weight excluding hydrogens is 414 g/mol. The van der Waals surface area contributed by atoms with Crippen LogP contribution in [0.2, 0.25) is 0 Å². The lowest BCUT2D eigenvalue weighted by Gasteiger charge is -2.41. The molecule has 2 aromatic rings. The zero-order valence-electron chi connectivity index (χ0n) is 18.3. The van der Waals surface area contributed by atoms with E-state index in [1.807, 2.05) is 49.4 Å². The fourth-order valence-electron chi connectivity index (χ4n) is 4.22. The third kappa shape index (κ3) is 5.98. The molecule has 0 aromatic heterocycles.